The number of esters is 1. The van der Waals surface area contributed by atoms with E-state index in [9.17, 15) is 9.59 Å². The van der Waals surface area contributed by atoms with Crippen LogP contribution >= 0.6 is 11.6 Å². The SMILES string of the molecule is CC(=O)CCN1CCC(OC(=O)c2cc(Cl)c(N)c3c2OCC(C)O3)CC1. The number of nitrogen functional groups attached to an aromatic ring is 1. The summed E-state index contributed by atoms with van der Waals surface area (Å²) in [5, 5.41) is 0.234. The molecule has 0 radical (unpaired) electrons. The molecule has 8 heteroatoms. The van der Waals surface area contributed by atoms with E-state index < -0.39 is 5.97 Å². The zero-order chi connectivity index (χ0) is 19.6. The lowest BCUT2D eigenvalue weighted by Gasteiger charge is -2.32. The van der Waals surface area contributed by atoms with Gasteiger partial charge in [-0.1, -0.05) is 11.6 Å². The topological polar surface area (TPSA) is 91.1 Å². The smallest absolute Gasteiger partial charge is 0.342 e. The molecule has 2 aliphatic heterocycles. The second-order valence-corrected chi connectivity index (χ2v) is 7.52. The van der Waals surface area contributed by atoms with Crippen molar-refractivity contribution in [2.24, 2.45) is 0 Å². The largest absolute Gasteiger partial charge is 0.485 e. The maximum atomic E-state index is 12.7. The van der Waals surface area contributed by atoms with Gasteiger partial charge in [-0.05, 0) is 32.8 Å². The number of Topliss-reactive ketones (excluding diaryl/α,β-unsaturated/α-hetero) is 1. The minimum absolute atomic E-state index is 0.179. The average molecular weight is 397 g/mol. The van der Waals surface area contributed by atoms with Crippen LogP contribution in [0.15, 0.2) is 6.07 Å². The molecule has 3 rings (SSSR count). The molecule has 1 aromatic carbocycles. The lowest BCUT2D eigenvalue weighted by atomic mass is 10.1. The fourth-order valence-electron chi connectivity index (χ4n) is 3.25. The molecule has 2 heterocycles. The molecule has 2 aliphatic rings. The van der Waals surface area contributed by atoms with Crippen molar-refractivity contribution in [2.45, 2.75) is 45.3 Å². The molecular weight excluding hydrogens is 372 g/mol. The highest BCUT2D eigenvalue weighted by atomic mass is 35.5. The highest BCUT2D eigenvalue weighted by Crippen LogP contribution is 2.44. The van der Waals surface area contributed by atoms with Gasteiger partial charge < -0.3 is 24.8 Å². The Bertz CT molecular complexity index is 731. The monoisotopic (exact) mass is 396 g/mol. The number of benzene rings is 1. The summed E-state index contributed by atoms with van der Waals surface area (Å²) in [5.41, 5.74) is 6.45. The second-order valence-electron chi connectivity index (χ2n) is 7.12. The molecule has 1 unspecified atom stereocenters. The van der Waals surface area contributed by atoms with Gasteiger partial charge in [0.05, 0.1) is 10.7 Å². The summed E-state index contributed by atoms with van der Waals surface area (Å²) >= 11 is 6.16. The lowest BCUT2D eigenvalue weighted by molar-refractivity contribution is -0.117. The van der Waals surface area contributed by atoms with Crippen LogP contribution in [-0.2, 0) is 9.53 Å². The first kappa shape index (κ1) is 19.8. The molecule has 0 saturated carbocycles. The Morgan fingerprint density at radius 1 is 1.33 bits per heavy atom. The number of piperidine rings is 1. The van der Waals surface area contributed by atoms with E-state index in [-0.39, 0.29) is 34.3 Å². The Morgan fingerprint density at radius 3 is 2.70 bits per heavy atom. The van der Waals surface area contributed by atoms with Crippen LogP contribution in [-0.4, -0.2) is 55.1 Å². The molecule has 1 atom stereocenters. The van der Waals surface area contributed by atoms with Crippen molar-refractivity contribution in [1.29, 1.82) is 0 Å². The number of likely N-dealkylation sites (tertiary alicyclic amines) is 1. The number of hydrogen-bond donors (Lipinski definition) is 1. The van der Waals surface area contributed by atoms with E-state index in [0.29, 0.717) is 24.5 Å². The summed E-state index contributed by atoms with van der Waals surface area (Å²) < 4.78 is 17.1. The Labute approximate surface area is 163 Å². The number of fused-ring (bicyclic) bond motifs is 1. The molecule has 7 nitrogen and oxygen atoms in total. The summed E-state index contributed by atoms with van der Waals surface area (Å²) in [6.07, 6.45) is 1.64. The number of carbonyl (C=O) groups excluding carboxylic acids is 2. The van der Waals surface area contributed by atoms with Gasteiger partial charge in [-0.15, -0.1) is 0 Å². The number of hydrogen-bond acceptors (Lipinski definition) is 7. The third kappa shape index (κ3) is 4.65. The highest BCUT2D eigenvalue weighted by molar-refractivity contribution is 6.34. The van der Waals surface area contributed by atoms with E-state index in [0.717, 1.165) is 32.5 Å². The van der Waals surface area contributed by atoms with Crippen molar-refractivity contribution in [1.82, 2.24) is 4.90 Å². The van der Waals surface area contributed by atoms with Crippen molar-refractivity contribution in [3.05, 3.63) is 16.7 Å². The van der Waals surface area contributed by atoms with Gasteiger partial charge in [0.1, 0.15) is 30.2 Å². The maximum Gasteiger partial charge on any atom is 0.342 e. The van der Waals surface area contributed by atoms with Crippen LogP contribution in [0.5, 0.6) is 11.5 Å². The summed E-state index contributed by atoms with van der Waals surface area (Å²) in [5.74, 6) is 0.282. The van der Waals surface area contributed by atoms with Gasteiger partial charge >= 0.3 is 5.97 Å². The molecule has 0 aromatic heterocycles. The van der Waals surface area contributed by atoms with Crippen molar-refractivity contribution in [2.75, 3.05) is 32.0 Å². The quantitative estimate of drug-likeness (QED) is 0.604. The van der Waals surface area contributed by atoms with Crippen LogP contribution in [0.4, 0.5) is 5.69 Å². The maximum absolute atomic E-state index is 12.7. The molecule has 27 heavy (non-hydrogen) atoms. The number of rotatable bonds is 5. The molecule has 1 aromatic rings. The highest BCUT2D eigenvalue weighted by Gasteiger charge is 2.30. The number of anilines is 1. The van der Waals surface area contributed by atoms with Crippen molar-refractivity contribution < 1.29 is 23.8 Å². The molecule has 1 saturated heterocycles. The van der Waals surface area contributed by atoms with Gasteiger partial charge in [-0.25, -0.2) is 4.79 Å². The third-order valence-electron chi connectivity index (χ3n) is 4.81. The molecular formula is C19H25ClN2O5. The van der Waals surface area contributed by atoms with Crippen LogP contribution in [0.3, 0.4) is 0 Å². The average Bonchev–Trinajstić information content (AvgIpc) is 2.64. The Hall–Kier alpha value is -1.99. The summed E-state index contributed by atoms with van der Waals surface area (Å²) in [7, 11) is 0. The first-order chi connectivity index (χ1) is 12.8. The predicted octanol–water partition coefficient (Wildman–Crippen LogP) is 2.68. The van der Waals surface area contributed by atoms with E-state index in [4.69, 9.17) is 31.5 Å². The van der Waals surface area contributed by atoms with Gasteiger partial charge in [0.15, 0.2) is 11.5 Å². The number of halogens is 1. The van der Waals surface area contributed by atoms with Crippen LogP contribution in [0.2, 0.25) is 5.02 Å². The zero-order valence-corrected chi connectivity index (χ0v) is 16.4. The Morgan fingerprint density at radius 2 is 2.04 bits per heavy atom. The fourth-order valence-corrected chi connectivity index (χ4v) is 3.45. The van der Waals surface area contributed by atoms with Gasteiger partial charge in [-0.2, -0.15) is 0 Å². The second kappa shape index (κ2) is 8.35. The first-order valence-electron chi connectivity index (χ1n) is 9.19. The molecule has 0 spiro atoms. The lowest BCUT2D eigenvalue weighted by Crippen LogP contribution is -2.38. The molecule has 2 N–H and O–H groups in total. The van der Waals surface area contributed by atoms with Crippen LogP contribution in [0, 0.1) is 0 Å². The zero-order valence-electron chi connectivity index (χ0n) is 15.6. The number of nitrogens with two attached hydrogens (primary N) is 1. The summed E-state index contributed by atoms with van der Waals surface area (Å²) in [4.78, 5) is 26.0. The van der Waals surface area contributed by atoms with Gasteiger partial charge in [0.2, 0.25) is 0 Å². The molecule has 148 valence electrons. The van der Waals surface area contributed by atoms with Crippen molar-refractivity contribution >= 4 is 29.0 Å². The predicted molar refractivity (Wildman–Crippen MR) is 102 cm³/mol. The van der Waals surface area contributed by atoms with E-state index in [1.54, 1.807) is 6.92 Å². The van der Waals surface area contributed by atoms with Gasteiger partial charge in [0, 0.05) is 26.1 Å². The van der Waals surface area contributed by atoms with Gasteiger partial charge in [-0.3, -0.25) is 4.79 Å². The Kier molecular flexibility index (Phi) is 6.11. The summed E-state index contributed by atoms with van der Waals surface area (Å²) in [6, 6.07) is 1.47. The summed E-state index contributed by atoms with van der Waals surface area (Å²) in [6.45, 7) is 6.11. The standard InChI is InChI=1S/C19H25ClN2O5/c1-11(23)3-6-22-7-4-13(5-8-22)27-19(24)14-9-15(20)16(21)18-17(14)25-10-12(2)26-18/h9,12-13H,3-8,10,21H2,1-2H3. The van der Waals surface area contributed by atoms with Crippen LogP contribution < -0.4 is 15.2 Å². The molecule has 1 fully saturated rings. The number of ketones is 1. The van der Waals surface area contributed by atoms with E-state index in [1.807, 2.05) is 6.92 Å². The first-order valence-corrected chi connectivity index (χ1v) is 9.57. The van der Waals surface area contributed by atoms with E-state index in [1.165, 1.54) is 6.07 Å². The fraction of sp³-hybridized carbons (Fsp3) is 0.579. The third-order valence-corrected chi connectivity index (χ3v) is 5.13. The minimum Gasteiger partial charge on any atom is -0.485 e. The molecule has 0 bridgehead atoms. The molecule has 0 amide bonds. The van der Waals surface area contributed by atoms with Crippen LogP contribution in [0.25, 0.3) is 0 Å². The van der Waals surface area contributed by atoms with Gasteiger partial charge in [0.25, 0.3) is 0 Å². The number of carbonyl (C=O) groups is 2. The Balaban J connectivity index is 1.65. The number of ether oxygens (including phenoxy) is 3. The van der Waals surface area contributed by atoms with Crippen LogP contribution in [0.1, 0.15) is 43.5 Å². The molecule has 0 aliphatic carbocycles. The minimum atomic E-state index is -0.492. The normalized spacial score (nSPS) is 20.3. The van der Waals surface area contributed by atoms with E-state index in [2.05, 4.69) is 4.90 Å². The van der Waals surface area contributed by atoms with Crippen molar-refractivity contribution in [3.63, 3.8) is 0 Å². The van der Waals surface area contributed by atoms with Crippen molar-refractivity contribution in [3.8, 4) is 11.5 Å². The van der Waals surface area contributed by atoms with E-state index >= 15 is 0 Å². The number of nitrogens with zero attached hydrogens (tertiary/aromatic N) is 1.